The summed E-state index contributed by atoms with van der Waals surface area (Å²) in [5.41, 5.74) is 2.73. The second kappa shape index (κ2) is 5.11. The summed E-state index contributed by atoms with van der Waals surface area (Å²) in [6.45, 7) is 8.69. The number of nitrogens with one attached hydrogen (secondary N) is 1. The Kier molecular flexibility index (Phi) is 3.71. The van der Waals surface area contributed by atoms with Crippen molar-refractivity contribution in [3.05, 3.63) is 30.0 Å². The van der Waals surface area contributed by atoms with Crippen LogP contribution < -0.4 is 5.32 Å². The normalized spacial score (nSPS) is 12.2. The number of hydrogen-bond donors (Lipinski definition) is 1. The van der Waals surface area contributed by atoms with Crippen LogP contribution in [-0.4, -0.2) is 16.3 Å². The number of fused-ring (bicyclic) bond motifs is 1. The van der Waals surface area contributed by atoms with E-state index in [-0.39, 0.29) is 0 Å². The Bertz CT molecular complexity index is 520. The molecule has 1 aromatic carbocycles. The van der Waals surface area contributed by atoms with Crippen molar-refractivity contribution in [3.63, 3.8) is 0 Å². The van der Waals surface area contributed by atoms with E-state index in [2.05, 4.69) is 55.5 Å². The first kappa shape index (κ1) is 13.1. The van der Waals surface area contributed by atoms with E-state index < -0.39 is 0 Å². The molecule has 0 aliphatic carbocycles. The number of aromatic nitrogens is 2. The molecule has 3 nitrogen and oxygen atoms in total. The van der Waals surface area contributed by atoms with Crippen molar-refractivity contribution in [1.29, 1.82) is 0 Å². The van der Waals surface area contributed by atoms with Gasteiger partial charge in [0.15, 0.2) is 0 Å². The minimum atomic E-state index is 0.388. The van der Waals surface area contributed by atoms with Crippen LogP contribution in [0.25, 0.3) is 10.9 Å². The van der Waals surface area contributed by atoms with Crippen LogP contribution in [0.15, 0.2) is 24.3 Å². The van der Waals surface area contributed by atoms with Crippen LogP contribution in [0.3, 0.4) is 0 Å². The summed E-state index contributed by atoms with van der Waals surface area (Å²) in [5, 5.41) is 9.32. The van der Waals surface area contributed by atoms with Gasteiger partial charge in [-0.3, -0.25) is 4.68 Å². The second-order valence-corrected chi connectivity index (χ2v) is 6.07. The van der Waals surface area contributed by atoms with Crippen molar-refractivity contribution in [1.82, 2.24) is 15.1 Å². The van der Waals surface area contributed by atoms with Gasteiger partial charge in [-0.15, -0.1) is 0 Å². The molecule has 2 aromatic rings. The van der Waals surface area contributed by atoms with Crippen LogP contribution in [0.4, 0.5) is 0 Å². The summed E-state index contributed by atoms with van der Waals surface area (Å²) in [6.07, 6.45) is 1.18. The third-order valence-electron chi connectivity index (χ3n) is 3.18. The van der Waals surface area contributed by atoms with Gasteiger partial charge in [0.05, 0.1) is 11.2 Å². The maximum Gasteiger partial charge on any atom is 0.0841 e. The second-order valence-electron chi connectivity index (χ2n) is 6.07. The molecule has 1 aromatic heterocycles. The highest BCUT2D eigenvalue weighted by Crippen LogP contribution is 2.18. The van der Waals surface area contributed by atoms with E-state index in [1.54, 1.807) is 0 Å². The molecule has 98 valence electrons. The lowest BCUT2D eigenvalue weighted by atomic mass is 9.92. The molecular formula is C15H23N3. The van der Waals surface area contributed by atoms with Gasteiger partial charge in [-0.2, -0.15) is 5.10 Å². The van der Waals surface area contributed by atoms with Gasteiger partial charge in [0.1, 0.15) is 0 Å². The fraction of sp³-hybridized carbons (Fsp3) is 0.533. The molecule has 0 atom stereocenters. The predicted molar refractivity (Wildman–Crippen MR) is 76.5 cm³/mol. The Morgan fingerprint density at radius 1 is 1.22 bits per heavy atom. The Hall–Kier alpha value is -1.35. The van der Waals surface area contributed by atoms with Crippen LogP contribution in [0.1, 0.15) is 32.9 Å². The number of nitrogens with zero attached hydrogens (tertiary/aromatic N) is 2. The lowest BCUT2D eigenvalue weighted by Gasteiger charge is -2.17. The van der Waals surface area contributed by atoms with E-state index in [1.165, 1.54) is 17.3 Å². The molecule has 0 saturated carbocycles. The zero-order valence-electron chi connectivity index (χ0n) is 11.8. The fourth-order valence-corrected chi connectivity index (χ4v) is 2.09. The molecule has 0 fully saturated rings. The molecular weight excluding hydrogens is 222 g/mol. The molecule has 0 aliphatic heterocycles. The van der Waals surface area contributed by atoms with Crippen molar-refractivity contribution < 1.29 is 0 Å². The predicted octanol–water partition coefficient (Wildman–Crippen LogP) is 3.10. The average molecular weight is 245 g/mol. The number of aryl methyl sites for hydroxylation is 1. The van der Waals surface area contributed by atoms with Crippen molar-refractivity contribution in [2.75, 3.05) is 6.54 Å². The fourth-order valence-electron chi connectivity index (χ4n) is 2.09. The summed E-state index contributed by atoms with van der Waals surface area (Å²) >= 11 is 0. The Morgan fingerprint density at radius 3 is 2.67 bits per heavy atom. The van der Waals surface area contributed by atoms with Gasteiger partial charge in [0.2, 0.25) is 0 Å². The minimum Gasteiger partial charge on any atom is -0.311 e. The molecule has 0 amide bonds. The number of hydrogen-bond acceptors (Lipinski definition) is 2. The molecule has 2 rings (SSSR count). The number of rotatable bonds is 4. The number of benzene rings is 1. The maximum absolute atomic E-state index is 4.58. The van der Waals surface area contributed by atoms with Crippen LogP contribution in [0.2, 0.25) is 0 Å². The summed E-state index contributed by atoms with van der Waals surface area (Å²) in [5.74, 6) is 0. The van der Waals surface area contributed by atoms with Gasteiger partial charge in [-0.1, -0.05) is 39.0 Å². The SMILES string of the molecule is Cn1nc(CNCCC(C)(C)C)c2ccccc21. The molecule has 0 spiro atoms. The van der Waals surface area contributed by atoms with Crippen molar-refractivity contribution in [2.45, 2.75) is 33.7 Å². The highest BCUT2D eigenvalue weighted by atomic mass is 15.3. The molecule has 1 heterocycles. The van der Waals surface area contributed by atoms with Crippen molar-refractivity contribution in [3.8, 4) is 0 Å². The first-order valence-electron chi connectivity index (χ1n) is 6.59. The molecule has 0 radical (unpaired) electrons. The zero-order chi connectivity index (χ0) is 13.2. The van der Waals surface area contributed by atoms with Gasteiger partial charge >= 0.3 is 0 Å². The van der Waals surface area contributed by atoms with Gasteiger partial charge in [0, 0.05) is 19.0 Å². The maximum atomic E-state index is 4.58. The molecule has 1 N–H and O–H groups in total. The third-order valence-corrected chi connectivity index (χ3v) is 3.18. The van der Waals surface area contributed by atoms with E-state index in [0.717, 1.165) is 18.8 Å². The first-order chi connectivity index (χ1) is 8.47. The summed E-state index contributed by atoms with van der Waals surface area (Å²) in [6, 6.07) is 8.38. The smallest absolute Gasteiger partial charge is 0.0841 e. The van der Waals surface area contributed by atoms with E-state index in [9.17, 15) is 0 Å². The lowest BCUT2D eigenvalue weighted by Crippen LogP contribution is -2.20. The van der Waals surface area contributed by atoms with E-state index in [0.29, 0.717) is 5.41 Å². The minimum absolute atomic E-state index is 0.388. The highest BCUT2D eigenvalue weighted by molar-refractivity contribution is 5.81. The standard InChI is InChI=1S/C15H23N3/c1-15(2,3)9-10-16-11-13-12-7-5-6-8-14(12)18(4)17-13/h5-8,16H,9-11H2,1-4H3. The van der Waals surface area contributed by atoms with E-state index >= 15 is 0 Å². The molecule has 3 heteroatoms. The van der Waals surface area contributed by atoms with Crippen LogP contribution in [0, 0.1) is 5.41 Å². The third kappa shape index (κ3) is 3.10. The van der Waals surface area contributed by atoms with Crippen molar-refractivity contribution >= 4 is 10.9 Å². The van der Waals surface area contributed by atoms with E-state index in [4.69, 9.17) is 0 Å². The summed E-state index contributed by atoms with van der Waals surface area (Å²) < 4.78 is 1.95. The monoisotopic (exact) mass is 245 g/mol. The Morgan fingerprint density at radius 2 is 1.94 bits per heavy atom. The first-order valence-corrected chi connectivity index (χ1v) is 6.59. The molecule has 0 unspecified atom stereocenters. The van der Waals surface area contributed by atoms with Gasteiger partial charge < -0.3 is 5.32 Å². The summed E-state index contributed by atoms with van der Waals surface area (Å²) in [7, 11) is 2.00. The van der Waals surface area contributed by atoms with E-state index in [1.807, 2.05) is 11.7 Å². The molecule has 0 saturated heterocycles. The van der Waals surface area contributed by atoms with Gasteiger partial charge in [-0.05, 0) is 24.4 Å². The Balaban J connectivity index is 2.00. The molecule has 18 heavy (non-hydrogen) atoms. The van der Waals surface area contributed by atoms with Crippen molar-refractivity contribution in [2.24, 2.45) is 12.5 Å². The number of para-hydroxylation sites is 1. The zero-order valence-corrected chi connectivity index (χ0v) is 11.8. The average Bonchev–Trinajstić information content (AvgIpc) is 2.62. The van der Waals surface area contributed by atoms with Crippen LogP contribution >= 0.6 is 0 Å². The van der Waals surface area contributed by atoms with Gasteiger partial charge in [0.25, 0.3) is 0 Å². The molecule has 0 aliphatic rings. The Labute approximate surface area is 109 Å². The lowest BCUT2D eigenvalue weighted by molar-refractivity contribution is 0.366. The largest absolute Gasteiger partial charge is 0.311 e. The van der Waals surface area contributed by atoms with Gasteiger partial charge in [-0.25, -0.2) is 0 Å². The van der Waals surface area contributed by atoms with Crippen LogP contribution in [-0.2, 0) is 13.6 Å². The highest BCUT2D eigenvalue weighted by Gasteiger charge is 2.10. The summed E-state index contributed by atoms with van der Waals surface area (Å²) in [4.78, 5) is 0. The topological polar surface area (TPSA) is 29.9 Å². The quantitative estimate of drug-likeness (QED) is 0.839. The molecule has 0 bridgehead atoms. The van der Waals surface area contributed by atoms with Crippen LogP contribution in [0.5, 0.6) is 0 Å².